The van der Waals surface area contributed by atoms with E-state index in [1.807, 2.05) is 32.9 Å². The maximum atomic E-state index is 11.7. The van der Waals surface area contributed by atoms with Gasteiger partial charge in [0, 0.05) is 17.0 Å². The molecule has 0 heterocycles. The first-order chi connectivity index (χ1) is 13.6. The molecule has 1 aromatic carbocycles. The Morgan fingerprint density at radius 2 is 1.93 bits per heavy atom. The Bertz CT molecular complexity index is 641. The van der Waals surface area contributed by atoms with Gasteiger partial charge in [-0.3, -0.25) is 4.79 Å². The zero-order chi connectivity index (χ0) is 21.2. The molecule has 2 N–H and O–H groups in total. The molecule has 6 heteroatoms. The molecule has 0 saturated heterocycles. The molecule has 0 amide bonds. The largest absolute Gasteiger partial charge is 0.490 e. The number of carbonyl (C=O) groups excluding carboxylic acids is 1. The van der Waals surface area contributed by atoms with Crippen LogP contribution in [0.25, 0.3) is 0 Å². The lowest BCUT2D eigenvalue weighted by Gasteiger charge is -2.10. The second-order valence-corrected chi connectivity index (χ2v) is 6.23. The topological polar surface area (TPSA) is 70.8 Å². The molecule has 0 aromatic heterocycles. The highest BCUT2D eigenvalue weighted by atomic mass is 79.9. The summed E-state index contributed by atoms with van der Waals surface area (Å²) in [6.45, 7) is 10.9. The van der Waals surface area contributed by atoms with Crippen molar-refractivity contribution in [3.63, 3.8) is 0 Å². The third-order valence-corrected chi connectivity index (χ3v) is 3.94. The van der Waals surface area contributed by atoms with E-state index in [9.17, 15) is 4.79 Å². The molecule has 0 aliphatic carbocycles. The lowest BCUT2D eigenvalue weighted by Crippen LogP contribution is -2.09. The molecule has 156 valence electrons. The van der Waals surface area contributed by atoms with E-state index < -0.39 is 0 Å². The van der Waals surface area contributed by atoms with Crippen LogP contribution in [0.4, 0.5) is 0 Å². The number of halogens is 1. The van der Waals surface area contributed by atoms with Gasteiger partial charge in [0.25, 0.3) is 0 Å². The van der Waals surface area contributed by atoms with Gasteiger partial charge < -0.3 is 19.9 Å². The maximum Gasteiger partial charge on any atom is 0.311 e. The molecular formula is C22H32BrNO4. The fourth-order valence-corrected chi connectivity index (χ4v) is 2.15. The first-order valence-corrected chi connectivity index (χ1v) is 10.3. The summed E-state index contributed by atoms with van der Waals surface area (Å²) in [6, 6.07) is 6.97. The van der Waals surface area contributed by atoms with Gasteiger partial charge in [-0.2, -0.15) is 0 Å². The normalized spacial score (nSPS) is 11.2. The average molecular weight is 454 g/mol. The summed E-state index contributed by atoms with van der Waals surface area (Å²) in [4.78, 5) is 11.7. The van der Waals surface area contributed by atoms with Crippen LogP contribution in [-0.4, -0.2) is 25.7 Å². The molecule has 0 aliphatic rings. The van der Waals surface area contributed by atoms with Crippen LogP contribution in [0.1, 0.15) is 40.0 Å². The van der Waals surface area contributed by atoms with Crippen molar-refractivity contribution in [3.8, 4) is 11.5 Å². The Hall–Kier alpha value is -2.05. The standard InChI is InChI=1S/C20H26BrNO4.C2H6/c1-3-16(21)14-17(4-2)24-12-13-25-18-8-7-9-19(15-18)26-20(23)10-5-6-11-22;1-2/h3-4,7-9,14-15H,2,5-6,10-13,22H2,1H3;1-2H3/b16-3+,17-14+;. The highest BCUT2D eigenvalue weighted by Gasteiger charge is 2.06. The number of ether oxygens (including phenoxy) is 3. The summed E-state index contributed by atoms with van der Waals surface area (Å²) in [5, 5.41) is 0. The van der Waals surface area contributed by atoms with Gasteiger partial charge in [0.05, 0.1) is 0 Å². The lowest BCUT2D eigenvalue weighted by molar-refractivity contribution is -0.134. The number of benzene rings is 1. The van der Waals surface area contributed by atoms with E-state index in [1.165, 1.54) is 0 Å². The van der Waals surface area contributed by atoms with Crippen molar-refractivity contribution in [2.45, 2.75) is 40.0 Å². The molecule has 5 nitrogen and oxygen atoms in total. The Balaban J connectivity index is 0.00000352. The van der Waals surface area contributed by atoms with Gasteiger partial charge in [-0.25, -0.2) is 0 Å². The number of esters is 1. The van der Waals surface area contributed by atoms with Crippen molar-refractivity contribution < 1.29 is 19.0 Å². The predicted molar refractivity (Wildman–Crippen MR) is 119 cm³/mol. The second-order valence-electron chi connectivity index (χ2n) is 5.32. The van der Waals surface area contributed by atoms with E-state index in [0.717, 1.165) is 17.3 Å². The van der Waals surface area contributed by atoms with Crippen molar-refractivity contribution in [3.05, 3.63) is 59.3 Å². The van der Waals surface area contributed by atoms with E-state index in [-0.39, 0.29) is 5.97 Å². The number of hydrogen-bond acceptors (Lipinski definition) is 5. The van der Waals surface area contributed by atoms with Crippen LogP contribution in [-0.2, 0) is 9.53 Å². The number of carbonyl (C=O) groups is 1. The summed E-state index contributed by atoms with van der Waals surface area (Å²) in [5.41, 5.74) is 5.41. The average Bonchev–Trinajstić information content (AvgIpc) is 2.72. The van der Waals surface area contributed by atoms with Gasteiger partial charge in [0.1, 0.15) is 30.5 Å². The number of hydrogen-bond donors (Lipinski definition) is 1. The Kier molecular flexibility index (Phi) is 15.8. The molecule has 0 radical (unpaired) electrons. The second kappa shape index (κ2) is 17.1. The molecule has 1 rings (SSSR count). The minimum Gasteiger partial charge on any atom is -0.490 e. The Morgan fingerprint density at radius 1 is 1.21 bits per heavy atom. The first-order valence-electron chi connectivity index (χ1n) is 9.51. The van der Waals surface area contributed by atoms with Crippen molar-refractivity contribution in [1.29, 1.82) is 0 Å². The van der Waals surface area contributed by atoms with Crippen LogP contribution in [0.5, 0.6) is 11.5 Å². The van der Waals surface area contributed by atoms with Gasteiger partial charge in [-0.05, 0) is 50.6 Å². The Labute approximate surface area is 177 Å². The summed E-state index contributed by atoms with van der Waals surface area (Å²) in [5.74, 6) is 1.46. The fourth-order valence-electron chi connectivity index (χ4n) is 1.92. The fraction of sp³-hybridized carbons (Fsp3) is 0.409. The van der Waals surface area contributed by atoms with E-state index in [4.69, 9.17) is 19.9 Å². The van der Waals surface area contributed by atoms with Crippen molar-refractivity contribution in [2.75, 3.05) is 19.8 Å². The monoisotopic (exact) mass is 453 g/mol. The predicted octanol–water partition coefficient (Wildman–Crippen LogP) is 5.51. The van der Waals surface area contributed by atoms with Crippen LogP contribution < -0.4 is 15.2 Å². The molecule has 0 unspecified atom stereocenters. The molecule has 0 fully saturated rings. The Morgan fingerprint density at radius 3 is 2.57 bits per heavy atom. The number of allylic oxidation sites excluding steroid dienone is 4. The van der Waals surface area contributed by atoms with Crippen LogP contribution in [0.2, 0.25) is 0 Å². The summed E-state index contributed by atoms with van der Waals surface area (Å²) in [7, 11) is 0. The smallest absolute Gasteiger partial charge is 0.311 e. The maximum absolute atomic E-state index is 11.7. The van der Waals surface area contributed by atoms with E-state index in [1.54, 1.807) is 30.3 Å². The minimum atomic E-state index is -0.269. The molecule has 0 saturated carbocycles. The third-order valence-electron chi connectivity index (χ3n) is 3.25. The van der Waals surface area contributed by atoms with Crippen LogP contribution in [0, 0.1) is 0 Å². The molecular weight excluding hydrogens is 422 g/mol. The summed E-state index contributed by atoms with van der Waals surface area (Å²) < 4.78 is 17.4. The quantitative estimate of drug-likeness (QED) is 0.148. The zero-order valence-electron chi connectivity index (χ0n) is 17.1. The zero-order valence-corrected chi connectivity index (χ0v) is 18.7. The van der Waals surface area contributed by atoms with Crippen LogP contribution in [0.3, 0.4) is 0 Å². The molecule has 0 spiro atoms. The van der Waals surface area contributed by atoms with Gasteiger partial charge in [0.2, 0.25) is 0 Å². The SMILES string of the molecule is C=C/C(=C\C(Br)=C/C)OCCOc1cccc(OC(=O)CCCCN)c1.CC. The molecule has 0 atom stereocenters. The van der Waals surface area contributed by atoms with E-state index >= 15 is 0 Å². The van der Waals surface area contributed by atoms with Crippen molar-refractivity contribution >= 4 is 21.9 Å². The van der Waals surface area contributed by atoms with E-state index in [0.29, 0.717) is 43.4 Å². The minimum absolute atomic E-state index is 0.269. The van der Waals surface area contributed by atoms with Gasteiger partial charge in [-0.15, -0.1) is 0 Å². The molecule has 0 aliphatic heterocycles. The summed E-state index contributed by atoms with van der Waals surface area (Å²) >= 11 is 3.39. The molecule has 28 heavy (non-hydrogen) atoms. The highest BCUT2D eigenvalue weighted by molar-refractivity contribution is 9.11. The number of rotatable bonds is 12. The van der Waals surface area contributed by atoms with E-state index in [2.05, 4.69) is 22.5 Å². The van der Waals surface area contributed by atoms with Gasteiger partial charge >= 0.3 is 5.97 Å². The lowest BCUT2D eigenvalue weighted by atomic mass is 10.2. The van der Waals surface area contributed by atoms with Crippen molar-refractivity contribution in [2.24, 2.45) is 5.73 Å². The third kappa shape index (κ3) is 12.4. The van der Waals surface area contributed by atoms with Crippen molar-refractivity contribution in [1.82, 2.24) is 0 Å². The summed E-state index contributed by atoms with van der Waals surface area (Å²) in [6.07, 6.45) is 7.27. The molecule has 0 bridgehead atoms. The van der Waals surface area contributed by atoms with Crippen LogP contribution in [0.15, 0.2) is 59.3 Å². The number of nitrogens with two attached hydrogens (primary N) is 1. The van der Waals surface area contributed by atoms with Gasteiger partial charge in [0.15, 0.2) is 0 Å². The molecule has 1 aromatic rings. The highest BCUT2D eigenvalue weighted by Crippen LogP contribution is 2.20. The van der Waals surface area contributed by atoms with Gasteiger partial charge in [-0.1, -0.05) is 48.5 Å². The van der Waals surface area contributed by atoms with Crippen LogP contribution >= 0.6 is 15.9 Å². The first kappa shape index (κ1) is 26.0. The number of unbranched alkanes of at least 4 members (excludes halogenated alkanes) is 1.